The zero-order valence-corrected chi connectivity index (χ0v) is 12.8. The maximum Gasteiger partial charge on any atom is 0.268 e. The van der Waals surface area contributed by atoms with Crippen LogP contribution in [0.4, 0.5) is 5.69 Å². The summed E-state index contributed by atoms with van der Waals surface area (Å²) in [5.41, 5.74) is 0.330. The summed E-state index contributed by atoms with van der Waals surface area (Å²) in [6.07, 6.45) is 1.53. The minimum Gasteiger partial charge on any atom is -0.497 e. The Morgan fingerprint density at radius 2 is 2.10 bits per heavy atom. The molecule has 2 aromatic rings. The van der Waals surface area contributed by atoms with Gasteiger partial charge in [0.05, 0.1) is 13.3 Å². The molecule has 104 valence electrons. The van der Waals surface area contributed by atoms with Gasteiger partial charge in [-0.1, -0.05) is 0 Å². The Morgan fingerprint density at radius 3 is 2.70 bits per heavy atom. The normalized spacial score (nSPS) is 10.1. The van der Waals surface area contributed by atoms with Crippen LogP contribution < -0.4 is 15.6 Å². The average molecular weight is 385 g/mol. The van der Waals surface area contributed by atoms with E-state index in [1.807, 2.05) is 22.6 Å². The largest absolute Gasteiger partial charge is 0.497 e. The van der Waals surface area contributed by atoms with Gasteiger partial charge in [0.1, 0.15) is 12.3 Å². The lowest BCUT2D eigenvalue weighted by atomic mass is 10.3. The number of halogens is 1. The predicted molar refractivity (Wildman–Crippen MR) is 82.8 cm³/mol. The van der Waals surface area contributed by atoms with Crippen LogP contribution in [-0.4, -0.2) is 22.8 Å². The van der Waals surface area contributed by atoms with Crippen molar-refractivity contribution in [1.82, 2.24) is 9.78 Å². The van der Waals surface area contributed by atoms with Gasteiger partial charge < -0.3 is 10.1 Å². The number of methoxy groups -OCH3 is 1. The zero-order valence-electron chi connectivity index (χ0n) is 10.7. The van der Waals surface area contributed by atoms with E-state index < -0.39 is 0 Å². The van der Waals surface area contributed by atoms with Crippen LogP contribution in [0, 0.1) is 3.57 Å². The van der Waals surface area contributed by atoms with E-state index in [0.29, 0.717) is 11.4 Å². The fourth-order valence-corrected chi connectivity index (χ4v) is 1.93. The van der Waals surface area contributed by atoms with Gasteiger partial charge in [-0.15, -0.1) is 0 Å². The molecule has 1 aromatic carbocycles. The lowest BCUT2D eigenvalue weighted by Crippen LogP contribution is -2.29. The first-order chi connectivity index (χ1) is 9.58. The van der Waals surface area contributed by atoms with Crippen molar-refractivity contribution < 1.29 is 9.53 Å². The highest BCUT2D eigenvalue weighted by Crippen LogP contribution is 2.14. The van der Waals surface area contributed by atoms with Crippen molar-refractivity contribution in [1.29, 1.82) is 0 Å². The molecule has 1 N–H and O–H groups in total. The van der Waals surface area contributed by atoms with Gasteiger partial charge in [-0.3, -0.25) is 9.59 Å². The first-order valence-corrected chi connectivity index (χ1v) is 6.83. The van der Waals surface area contributed by atoms with Gasteiger partial charge >= 0.3 is 0 Å². The Kier molecular flexibility index (Phi) is 4.72. The van der Waals surface area contributed by atoms with Crippen LogP contribution in [0.3, 0.4) is 0 Å². The second kappa shape index (κ2) is 6.51. The Labute approximate surface area is 128 Å². The number of nitrogens with zero attached hydrogens (tertiary/aromatic N) is 2. The quantitative estimate of drug-likeness (QED) is 0.810. The smallest absolute Gasteiger partial charge is 0.268 e. The van der Waals surface area contributed by atoms with Crippen LogP contribution in [0.5, 0.6) is 5.75 Å². The van der Waals surface area contributed by atoms with Gasteiger partial charge in [0.25, 0.3) is 5.56 Å². The van der Waals surface area contributed by atoms with Crippen molar-refractivity contribution in [2.24, 2.45) is 0 Å². The van der Waals surface area contributed by atoms with Gasteiger partial charge in [-0.25, -0.2) is 4.68 Å². The topological polar surface area (TPSA) is 73.2 Å². The third-order valence-electron chi connectivity index (χ3n) is 2.50. The predicted octanol–water partition coefficient (Wildman–Crippen LogP) is 1.50. The minimum absolute atomic E-state index is 0.123. The molecule has 1 aromatic heterocycles. The molecule has 0 fully saturated rings. The number of carbonyl (C=O) groups excluding carboxylic acids is 1. The summed E-state index contributed by atoms with van der Waals surface area (Å²) < 4.78 is 6.88. The van der Waals surface area contributed by atoms with Crippen LogP contribution in [0.2, 0.25) is 0 Å². The van der Waals surface area contributed by atoms with Gasteiger partial charge in [0.15, 0.2) is 0 Å². The maximum absolute atomic E-state index is 11.8. The average Bonchev–Trinajstić information content (AvgIpc) is 2.43. The second-order valence-corrected chi connectivity index (χ2v) is 5.19. The van der Waals surface area contributed by atoms with Crippen molar-refractivity contribution in [2.75, 3.05) is 12.4 Å². The molecule has 6 nitrogen and oxygen atoms in total. The summed E-state index contributed by atoms with van der Waals surface area (Å²) in [6.45, 7) is -0.123. The number of nitrogens with one attached hydrogen (secondary N) is 1. The van der Waals surface area contributed by atoms with Crippen LogP contribution in [0.1, 0.15) is 0 Å². The van der Waals surface area contributed by atoms with Crippen molar-refractivity contribution in [3.63, 3.8) is 0 Å². The molecular weight excluding hydrogens is 373 g/mol. The summed E-state index contributed by atoms with van der Waals surface area (Å²) in [5, 5.41) is 6.59. The molecule has 0 saturated heterocycles. The van der Waals surface area contributed by atoms with Crippen LogP contribution in [0.25, 0.3) is 0 Å². The van der Waals surface area contributed by atoms with E-state index in [1.54, 1.807) is 31.4 Å². The SMILES string of the molecule is COc1ccc(NC(=O)Cn2ncc(I)cc2=O)cc1. The molecule has 0 unspecified atom stereocenters. The lowest BCUT2D eigenvalue weighted by Gasteiger charge is -2.07. The maximum atomic E-state index is 11.8. The number of hydrogen-bond donors (Lipinski definition) is 1. The molecule has 2 rings (SSSR count). The van der Waals surface area contributed by atoms with E-state index in [2.05, 4.69) is 10.4 Å². The van der Waals surface area contributed by atoms with E-state index >= 15 is 0 Å². The molecular formula is C13H12IN3O3. The summed E-state index contributed by atoms with van der Waals surface area (Å²) in [4.78, 5) is 23.4. The molecule has 0 aliphatic heterocycles. The molecule has 0 spiro atoms. The first kappa shape index (κ1) is 14.5. The summed E-state index contributed by atoms with van der Waals surface area (Å²) in [5.74, 6) is 0.393. The molecule has 7 heteroatoms. The van der Waals surface area contributed by atoms with Crippen LogP contribution >= 0.6 is 22.6 Å². The standard InChI is InChI=1S/C13H12IN3O3/c1-20-11-4-2-10(3-5-11)16-12(18)8-17-13(19)6-9(14)7-15-17/h2-7H,8H2,1H3,(H,16,18). The van der Waals surface area contributed by atoms with E-state index in [1.165, 1.54) is 12.3 Å². The number of amides is 1. The van der Waals surface area contributed by atoms with Gasteiger partial charge in [-0.05, 0) is 46.9 Å². The van der Waals surface area contributed by atoms with E-state index in [-0.39, 0.29) is 18.0 Å². The van der Waals surface area contributed by atoms with Gasteiger partial charge in [0, 0.05) is 15.3 Å². The van der Waals surface area contributed by atoms with Crippen molar-refractivity contribution in [2.45, 2.75) is 6.54 Å². The second-order valence-electron chi connectivity index (χ2n) is 3.95. The molecule has 0 radical (unpaired) electrons. The number of rotatable bonds is 4. The van der Waals surface area contributed by atoms with Crippen molar-refractivity contribution in [3.8, 4) is 5.75 Å². The highest BCUT2D eigenvalue weighted by atomic mass is 127. The zero-order chi connectivity index (χ0) is 14.5. The molecule has 20 heavy (non-hydrogen) atoms. The summed E-state index contributed by atoms with van der Waals surface area (Å²) in [7, 11) is 1.57. The van der Waals surface area contributed by atoms with Crippen LogP contribution in [0.15, 0.2) is 41.3 Å². The monoisotopic (exact) mass is 385 g/mol. The number of anilines is 1. The highest BCUT2D eigenvalue weighted by molar-refractivity contribution is 14.1. The Hall–Kier alpha value is -1.90. The summed E-state index contributed by atoms with van der Waals surface area (Å²) >= 11 is 1.99. The third-order valence-corrected chi connectivity index (χ3v) is 3.09. The number of hydrogen-bond acceptors (Lipinski definition) is 4. The van der Waals surface area contributed by atoms with Crippen molar-refractivity contribution in [3.05, 3.63) is 50.5 Å². The Bertz CT molecular complexity index is 667. The van der Waals surface area contributed by atoms with Gasteiger partial charge in [0.2, 0.25) is 5.91 Å². The highest BCUT2D eigenvalue weighted by Gasteiger charge is 2.06. The number of aromatic nitrogens is 2. The molecule has 0 aliphatic carbocycles. The number of benzene rings is 1. The van der Waals surface area contributed by atoms with Crippen molar-refractivity contribution >= 4 is 34.2 Å². The molecule has 0 aliphatic rings. The Balaban J connectivity index is 2.03. The third kappa shape index (κ3) is 3.80. The number of carbonyl (C=O) groups is 1. The molecule has 1 amide bonds. The number of ether oxygens (including phenoxy) is 1. The van der Waals surface area contributed by atoms with E-state index in [0.717, 1.165) is 8.25 Å². The fraction of sp³-hybridized carbons (Fsp3) is 0.154. The molecule has 0 bridgehead atoms. The molecule has 0 atom stereocenters. The molecule has 1 heterocycles. The van der Waals surface area contributed by atoms with Gasteiger partial charge in [-0.2, -0.15) is 5.10 Å². The van der Waals surface area contributed by atoms with E-state index in [4.69, 9.17) is 4.74 Å². The van der Waals surface area contributed by atoms with E-state index in [9.17, 15) is 9.59 Å². The fourth-order valence-electron chi connectivity index (χ4n) is 1.54. The summed E-state index contributed by atoms with van der Waals surface area (Å²) in [6, 6.07) is 8.35. The minimum atomic E-state index is -0.314. The first-order valence-electron chi connectivity index (χ1n) is 5.75. The molecule has 0 saturated carbocycles. The lowest BCUT2D eigenvalue weighted by molar-refractivity contribution is -0.117. The van der Waals surface area contributed by atoms with Crippen LogP contribution in [-0.2, 0) is 11.3 Å². The Morgan fingerprint density at radius 1 is 1.40 bits per heavy atom.